The van der Waals surface area contributed by atoms with Crippen LogP contribution in [0, 0.1) is 11.8 Å². The van der Waals surface area contributed by atoms with Gasteiger partial charge in [0.25, 0.3) is 5.91 Å². The van der Waals surface area contributed by atoms with Gasteiger partial charge < -0.3 is 14.8 Å². The molecule has 0 bridgehead atoms. The maximum atomic E-state index is 12.6. The van der Waals surface area contributed by atoms with Crippen LogP contribution in [0.5, 0.6) is 5.75 Å². The summed E-state index contributed by atoms with van der Waals surface area (Å²) in [4.78, 5) is 15.1. The van der Waals surface area contributed by atoms with Crippen molar-refractivity contribution in [3.8, 4) is 5.75 Å². The molecule has 2 fully saturated rings. The zero-order valence-electron chi connectivity index (χ0n) is 16.8. The van der Waals surface area contributed by atoms with Crippen LogP contribution >= 0.6 is 0 Å². The Balaban J connectivity index is 1.54. The van der Waals surface area contributed by atoms with Gasteiger partial charge in [0, 0.05) is 31.2 Å². The summed E-state index contributed by atoms with van der Waals surface area (Å²) >= 11 is 0. The number of hydrogen-bond donors (Lipinski definition) is 1. The van der Waals surface area contributed by atoms with Crippen molar-refractivity contribution in [2.75, 3.05) is 39.5 Å². The van der Waals surface area contributed by atoms with Crippen molar-refractivity contribution < 1.29 is 14.3 Å². The molecule has 1 heterocycles. The summed E-state index contributed by atoms with van der Waals surface area (Å²) in [7, 11) is 0. The Morgan fingerprint density at radius 1 is 1.19 bits per heavy atom. The van der Waals surface area contributed by atoms with Gasteiger partial charge in [-0.1, -0.05) is 26.7 Å². The number of hydrogen-bond acceptors (Lipinski definition) is 4. The second-order valence-electron chi connectivity index (χ2n) is 7.78. The number of carbonyl (C=O) groups excluding carboxylic acids is 1. The SMILES string of the molecule is CCC(CC)C(CNC(=O)c1ccc(OCC2CC2)cc1)N1CCOCC1. The fraction of sp³-hybridized carbons (Fsp3) is 0.682. The van der Waals surface area contributed by atoms with Crippen LogP contribution in [0.1, 0.15) is 49.9 Å². The van der Waals surface area contributed by atoms with Gasteiger partial charge in [0.15, 0.2) is 0 Å². The van der Waals surface area contributed by atoms with E-state index in [1.165, 1.54) is 12.8 Å². The van der Waals surface area contributed by atoms with E-state index in [0.29, 0.717) is 24.1 Å². The average molecular weight is 375 g/mol. The molecule has 1 atom stereocenters. The fourth-order valence-electron chi connectivity index (χ4n) is 3.84. The molecule has 0 spiro atoms. The van der Waals surface area contributed by atoms with E-state index in [-0.39, 0.29) is 5.91 Å². The van der Waals surface area contributed by atoms with Crippen LogP contribution in [0.2, 0.25) is 0 Å². The molecule has 5 heteroatoms. The van der Waals surface area contributed by atoms with E-state index >= 15 is 0 Å². The Morgan fingerprint density at radius 3 is 2.44 bits per heavy atom. The lowest BCUT2D eigenvalue weighted by atomic mass is 9.92. The molecule has 27 heavy (non-hydrogen) atoms. The van der Waals surface area contributed by atoms with Crippen LogP contribution in [0.25, 0.3) is 0 Å². The highest BCUT2D eigenvalue weighted by Gasteiger charge is 2.27. The molecule has 0 radical (unpaired) electrons. The third-order valence-electron chi connectivity index (χ3n) is 5.88. The monoisotopic (exact) mass is 374 g/mol. The highest BCUT2D eigenvalue weighted by Crippen LogP contribution is 2.29. The molecule has 2 aliphatic rings. The van der Waals surface area contributed by atoms with E-state index in [4.69, 9.17) is 9.47 Å². The summed E-state index contributed by atoms with van der Waals surface area (Å²) in [5, 5.41) is 3.16. The quantitative estimate of drug-likeness (QED) is 0.682. The van der Waals surface area contributed by atoms with Gasteiger partial charge in [-0.3, -0.25) is 9.69 Å². The highest BCUT2D eigenvalue weighted by atomic mass is 16.5. The lowest BCUT2D eigenvalue weighted by molar-refractivity contribution is 0.00191. The minimum atomic E-state index is -0.00652. The second-order valence-corrected chi connectivity index (χ2v) is 7.78. The van der Waals surface area contributed by atoms with Gasteiger partial charge in [-0.15, -0.1) is 0 Å². The molecule has 1 N–H and O–H groups in total. The first kappa shape index (κ1) is 20.2. The number of ether oxygens (including phenoxy) is 2. The van der Waals surface area contributed by atoms with Crippen LogP contribution in [-0.2, 0) is 4.74 Å². The topological polar surface area (TPSA) is 50.8 Å². The van der Waals surface area contributed by atoms with Gasteiger partial charge >= 0.3 is 0 Å². The Bertz CT molecular complexity index is 576. The Morgan fingerprint density at radius 2 is 1.85 bits per heavy atom. The number of rotatable bonds is 10. The fourth-order valence-corrected chi connectivity index (χ4v) is 3.84. The van der Waals surface area contributed by atoms with Crippen molar-refractivity contribution in [2.24, 2.45) is 11.8 Å². The maximum absolute atomic E-state index is 12.6. The zero-order chi connectivity index (χ0) is 19.1. The van der Waals surface area contributed by atoms with E-state index in [1.807, 2.05) is 24.3 Å². The van der Waals surface area contributed by atoms with E-state index < -0.39 is 0 Å². The van der Waals surface area contributed by atoms with Crippen molar-refractivity contribution in [1.82, 2.24) is 10.2 Å². The van der Waals surface area contributed by atoms with E-state index in [0.717, 1.165) is 57.4 Å². The van der Waals surface area contributed by atoms with Crippen LogP contribution < -0.4 is 10.1 Å². The molecule has 150 valence electrons. The zero-order valence-corrected chi connectivity index (χ0v) is 16.8. The molecule has 5 nitrogen and oxygen atoms in total. The Hall–Kier alpha value is -1.59. The molecule has 3 rings (SSSR count). The summed E-state index contributed by atoms with van der Waals surface area (Å²) in [5.41, 5.74) is 0.694. The van der Waals surface area contributed by atoms with Crippen molar-refractivity contribution in [2.45, 2.75) is 45.6 Å². The van der Waals surface area contributed by atoms with E-state index in [9.17, 15) is 4.79 Å². The lowest BCUT2D eigenvalue weighted by Crippen LogP contribution is -2.52. The highest BCUT2D eigenvalue weighted by molar-refractivity contribution is 5.94. The average Bonchev–Trinajstić information content (AvgIpc) is 3.55. The molecule has 1 saturated carbocycles. The third-order valence-corrected chi connectivity index (χ3v) is 5.88. The Labute approximate surface area is 163 Å². The normalized spacial score (nSPS) is 19.1. The first-order valence-electron chi connectivity index (χ1n) is 10.5. The largest absolute Gasteiger partial charge is 0.493 e. The summed E-state index contributed by atoms with van der Waals surface area (Å²) < 4.78 is 11.3. The van der Waals surface area contributed by atoms with Gasteiger partial charge in [-0.2, -0.15) is 0 Å². The molecule has 1 amide bonds. The van der Waals surface area contributed by atoms with Gasteiger partial charge in [0.2, 0.25) is 0 Å². The Kier molecular flexibility index (Phi) is 7.53. The summed E-state index contributed by atoms with van der Waals surface area (Å²) in [6.45, 7) is 9.43. The number of benzene rings is 1. The second kappa shape index (κ2) is 10.1. The van der Waals surface area contributed by atoms with Crippen LogP contribution in [-0.4, -0.2) is 56.3 Å². The van der Waals surface area contributed by atoms with Gasteiger partial charge in [0.05, 0.1) is 19.8 Å². The predicted molar refractivity (Wildman–Crippen MR) is 107 cm³/mol. The van der Waals surface area contributed by atoms with E-state index in [2.05, 4.69) is 24.1 Å². The van der Waals surface area contributed by atoms with Crippen molar-refractivity contribution in [3.05, 3.63) is 29.8 Å². The number of amides is 1. The first-order chi connectivity index (χ1) is 13.2. The van der Waals surface area contributed by atoms with Crippen molar-refractivity contribution >= 4 is 5.91 Å². The molecule has 1 aliphatic carbocycles. The first-order valence-corrected chi connectivity index (χ1v) is 10.5. The molecule has 1 aromatic carbocycles. The lowest BCUT2D eigenvalue weighted by Gasteiger charge is -2.38. The van der Waals surface area contributed by atoms with Crippen LogP contribution in [0.4, 0.5) is 0 Å². The summed E-state index contributed by atoms with van der Waals surface area (Å²) in [6.07, 6.45) is 4.81. The van der Waals surface area contributed by atoms with Gasteiger partial charge in [-0.05, 0) is 48.9 Å². The predicted octanol–water partition coefficient (Wildman–Crippen LogP) is 3.34. The van der Waals surface area contributed by atoms with Gasteiger partial charge in [0.1, 0.15) is 5.75 Å². The maximum Gasteiger partial charge on any atom is 0.251 e. The standard InChI is InChI=1S/C22H34N2O3/c1-3-18(4-2)21(24-11-13-26-14-12-24)15-23-22(25)19-7-9-20(10-8-19)27-16-17-5-6-17/h7-10,17-18,21H,3-6,11-16H2,1-2H3,(H,23,25). The minimum absolute atomic E-state index is 0.00652. The molecule has 0 aromatic heterocycles. The number of carbonyl (C=O) groups is 1. The molecular weight excluding hydrogens is 340 g/mol. The number of nitrogens with zero attached hydrogens (tertiary/aromatic N) is 1. The molecule has 1 aliphatic heterocycles. The van der Waals surface area contributed by atoms with Crippen LogP contribution in [0.3, 0.4) is 0 Å². The number of morpholine rings is 1. The molecule has 1 aromatic rings. The van der Waals surface area contributed by atoms with Crippen molar-refractivity contribution in [1.29, 1.82) is 0 Å². The molecular formula is C22H34N2O3. The molecule has 1 unspecified atom stereocenters. The summed E-state index contributed by atoms with van der Waals surface area (Å²) in [5.74, 6) is 2.16. The molecule has 1 saturated heterocycles. The third kappa shape index (κ3) is 5.94. The smallest absolute Gasteiger partial charge is 0.251 e. The number of nitrogens with one attached hydrogen (secondary N) is 1. The van der Waals surface area contributed by atoms with Crippen LogP contribution in [0.15, 0.2) is 24.3 Å². The van der Waals surface area contributed by atoms with Gasteiger partial charge in [-0.25, -0.2) is 0 Å². The van der Waals surface area contributed by atoms with Crippen molar-refractivity contribution in [3.63, 3.8) is 0 Å². The summed E-state index contributed by atoms with van der Waals surface area (Å²) in [6, 6.07) is 7.89. The van der Waals surface area contributed by atoms with E-state index in [1.54, 1.807) is 0 Å². The minimum Gasteiger partial charge on any atom is -0.493 e.